The maximum Gasteiger partial charge on any atom is 0.262 e. The molecule has 1 N–H and O–H groups in total. The average Bonchev–Trinajstić information content (AvgIpc) is 3.36. The van der Waals surface area contributed by atoms with Gasteiger partial charge in [-0.3, -0.25) is 5.10 Å². The summed E-state index contributed by atoms with van der Waals surface area (Å²) in [6, 6.07) is 9.45. The maximum absolute atomic E-state index is 6.29. The molecule has 0 saturated carbocycles. The molecule has 25 heavy (non-hydrogen) atoms. The van der Waals surface area contributed by atoms with Crippen molar-refractivity contribution < 1.29 is 9.26 Å². The molecule has 0 amide bonds. The van der Waals surface area contributed by atoms with Crippen LogP contribution in [0.1, 0.15) is 6.92 Å². The number of H-pyrrole nitrogens is 1. The molecule has 0 fully saturated rings. The van der Waals surface area contributed by atoms with Crippen molar-refractivity contribution in [2.45, 2.75) is 6.92 Å². The molecule has 0 radical (unpaired) electrons. The van der Waals surface area contributed by atoms with E-state index in [2.05, 4.69) is 20.3 Å². The number of thiophene rings is 1. The van der Waals surface area contributed by atoms with E-state index in [0.29, 0.717) is 29.1 Å². The van der Waals surface area contributed by atoms with Gasteiger partial charge in [0, 0.05) is 5.56 Å². The van der Waals surface area contributed by atoms with Crippen molar-refractivity contribution in [2.24, 2.45) is 0 Å². The van der Waals surface area contributed by atoms with Crippen LogP contribution in [0, 0.1) is 0 Å². The van der Waals surface area contributed by atoms with Gasteiger partial charge in [0.1, 0.15) is 5.75 Å². The van der Waals surface area contributed by atoms with Crippen molar-refractivity contribution in [3.8, 4) is 39.2 Å². The minimum Gasteiger partial charge on any atom is -0.492 e. The number of aromatic amines is 1. The predicted octanol–water partition coefficient (Wildman–Crippen LogP) is 4.91. The number of hydrogen-bond donors (Lipinski definition) is 1. The summed E-state index contributed by atoms with van der Waals surface area (Å²) in [5.74, 6) is 1.60. The molecular formula is C17H13ClN4O2S. The van der Waals surface area contributed by atoms with E-state index in [-0.39, 0.29) is 0 Å². The Labute approximate surface area is 152 Å². The van der Waals surface area contributed by atoms with E-state index in [0.717, 1.165) is 21.7 Å². The maximum atomic E-state index is 6.29. The molecule has 0 saturated heterocycles. The van der Waals surface area contributed by atoms with E-state index in [1.165, 1.54) is 0 Å². The van der Waals surface area contributed by atoms with E-state index >= 15 is 0 Å². The van der Waals surface area contributed by atoms with E-state index in [1.807, 2.05) is 42.6 Å². The smallest absolute Gasteiger partial charge is 0.262 e. The minimum atomic E-state index is 0.400. The second-order valence-corrected chi connectivity index (χ2v) is 6.49. The summed E-state index contributed by atoms with van der Waals surface area (Å²) < 4.78 is 10.9. The summed E-state index contributed by atoms with van der Waals surface area (Å²) in [6.45, 7) is 2.47. The lowest BCUT2D eigenvalue weighted by Crippen LogP contribution is -1.92. The van der Waals surface area contributed by atoms with Gasteiger partial charge in [0.15, 0.2) is 0 Å². The van der Waals surface area contributed by atoms with Crippen molar-refractivity contribution in [2.75, 3.05) is 6.61 Å². The van der Waals surface area contributed by atoms with Gasteiger partial charge in [-0.05, 0) is 36.6 Å². The molecule has 6 nitrogen and oxygen atoms in total. The standard InChI is InChI=1S/C17H13ClN4O2S/c1-2-23-13-6-5-10(8-12(13)18)15-11(9-19-21-15)17-20-16(22-24-17)14-4-3-7-25-14/h3-9H,2H2,1H3,(H,19,21). The SMILES string of the molecule is CCOc1ccc(-c2[nH]ncc2-c2nc(-c3cccs3)no2)cc1Cl. The van der Waals surface area contributed by atoms with Gasteiger partial charge in [0.05, 0.1) is 34.0 Å². The third-order valence-corrected chi connectivity index (χ3v) is 4.72. The van der Waals surface area contributed by atoms with Crippen molar-refractivity contribution in [3.05, 3.63) is 46.9 Å². The first-order valence-corrected chi connectivity index (χ1v) is 8.86. The van der Waals surface area contributed by atoms with Gasteiger partial charge < -0.3 is 9.26 Å². The van der Waals surface area contributed by atoms with Gasteiger partial charge in [0.2, 0.25) is 5.82 Å². The molecule has 4 rings (SSSR count). The highest BCUT2D eigenvalue weighted by atomic mass is 35.5. The van der Waals surface area contributed by atoms with Crippen LogP contribution < -0.4 is 4.74 Å². The Hall–Kier alpha value is -2.64. The molecule has 3 aromatic heterocycles. The Morgan fingerprint density at radius 2 is 2.24 bits per heavy atom. The second-order valence-electron chi connectivity index (χ2n) is 5.14. The molecule has 0 aliphatic rings. The van der Waals surface area contributed by atoms with Crippen LogP contribution in [0.15, 0.2) is 46.4 Å². The highest BCUT2D eigenvalue weighted by Crippen LogP contribution is 2.35. The number of rotatable bonds is 5. The third-order valence-electron chi connectivity index (χ3n) is 3.56. The van der Waals surface area contributed by atoms with E-state index in [4.69, 9.17) is 20.9 Å². The largest absolute Gasteiger partial charge is 0.492 e. The summed E-state index contributed by atoms with van der Waals surface area (Å²) in [5.41, 5.74) is 2.33. The number of ether oxygens (including phenoxy) is 1. The van der Waals surface area contributed by atoms with Crippen LogP contribution in [0.5, 0.6) is 5.75 Å². The second kappa shape index (κ2) is 6.70. The number of halogens is 1. The Morgan fingerprint density at radius 1 is 1.32 bits per heavy atom. The van der Waals surface area contributed by atoms with Crippen LogP contribution in [-0.2, 0) is 0 Å². The molecule has 0 aliphatic carbocycles. The van der Waals surface area contributed by atoms with E-state index < -0.39 is 0 Å². The lowest BCUT2D eigenvalue weighted by atomic mass is 10.1. The fourth-order valence-corrected chi connectivity index (χ4v) is 3.32. The highest BCUT2D eigenvalue weighted by molar-refractivity contribution is 7.13. The Bertz CT molecular complexity index is 994. The van der Waals surface area contributed by atoms with Gasteiger partial charge in [-0.15, -0.1) is 11.3 Å². The summed E-state index contributed by atoms with van der Waals surface area (Å²) in [6.07, 6.45) is 1.66. The molecule has 0 spiro atoms. The van der Waals surface area contributed by atoms with Crippen molar-refractivity contribution >= 4 is 22.9 Å². The Morgan fingerprint density at radius 3 is 3.00 bits per heavy atom. The molecule has 8 heteroatoms. The van der Waals surface area contributed by atoms with Gasteiger partial charge >= 0.3 is 0 Å². The molecule has 0 unspecified atom stereocenters. The summed E-state index contributed by atoms with van der Waals surface area (Å²) >= 11 is 7.84. The molecule has 4 aromatic rings. The normalized spacial score (nSPS) is 11.0. The number of nitrogens with one attached hydrogen (secondary N) is 1. The van der Waals surface area contributed by atoms with Crippen LogP contribution >= 0.6 is 22.9 Å². The molecule has 3 heterocycles. The molecular weight excluding hydrogens is 360 g/mol. The van der Waals surface area contributed by atoms with Crippen LogP contribution in [0.3, 0.4) is 0 Å². The number of nitrogens with zero attached hydrogens (tertiary/aromatic N) is 3. The zero-order valence-corrected chi connectivity index (χ0v) is 14.8. The van der Waals surface area contributed by atoms with Gasteiger partial charge in [-0.1, -0.05) is 22.8 Å². The van der Waals surface area contributed by atoms with Crippen LogP contribution in [0.25, 0.3) is 33.4 Å². The van der Waals surface area contributed by atoms with E-state index in [9.17, 15) is 0 Å². The Balaban J connectivity index is 1.71. The van der Waals surface area contributed by atoms with E-state index in [1.54, 1.807) is 17.5 Å². The van der Waals surface area contributed by atoms with Crippen LogP contribution in [-0.4, -0.2) is 26.9 Å². The average molecular weight is 373 g/mol. The first kappa shape index (κ1) is 15.9. The molecule has 0 atom stereocenters. The predicted molar refractivity (Wildman–Crippen MR) is 96.8 cm³/mol. The summed E-state index contributed by atoms with van der Waals surface area (Å²) in [4.78, 5) is 5.41. The molecule has 126 valence electrons. The fourth-order valence-electron chi connectivity index (χ4n) is 2.44. The topological polar surface area (TPSA) is 76.8 Å². The first-order valence-electron chi connectivity index (χ1n) is 7.60. The van der Waals surface area contributed by atoms with Crippen LogP contribution in [0.4, 0.5) is 0 Å². The number of aromatic nitrogens is 4. The lowest BCUT2D eigenvalue weighted by molar-refractivity contribution is 0.340. The quantitative estimate of drug-likeness (QED) is 0.538. The fraction of sp³-hybridized carbons (Fsp3) is 0.118. The van der Waals surface area contributed by atoms with Gasteiger partial charge in [-0.2, -0.15) is 10.1 Å². The zero-order valence-electron chi connectivity index (χ0n) is 13.2. The molecule has 1 aromatic carbocycles. The summed E-state index contributed by atoms with van der Waals surface area (Å²) in [5, 5.41) is 13.6. The summed E-state index contributed by atoms with van der Waals surface area (Å²) in [7, 11) is 0. The minimum absolute atomic E-state index is 0.400. The van der Waals surface area contributed by atoms with Crippen molar-refractivity contribution in [3.63, 3.8) is 0 Å². The highest BCUT2D eigenvalue weighted by Gasteiger charge is 2.18. The third kappa shape index (κ3) is 3.04. The van der Waals surface area contributed by atoms with Crippen molar-refractivity contribution in [1.29, 1.82) is 0 Å². The Kier molecular flexibility index (Phi) is 4.25. The molecule has 0 bridgehead atoms. The van der Waals surface area contributed by atoms with Crippen molar-refractivity contribution in [1.82, 2.24) is 20.3 Å². The van der Waals surface area contributed by atoms with Gasteiger partial charge in [0.25, 0.3) is 5.89 Å². The molecule has 0 aliphatic heterocycles. The zero-order chi connectivity index (χ0) is 17.2. The first-order chi connectivity index (χ1) is 12.3. The number of benzene rings is 1. The monoisotopic (exact) mass is 372 g/mol. The lowest BCUT2D eigenvalue weighted by Gasteiger charge is -2.07. The number of hydrogen-bond acceptors (Lipinski definition) is 6. The van der Waals surface area contributed by atoms with Crippen LogP contribution in [0.2, 0.25) is 5.02 Å². The van der Waals surface area contributed by atoms with Gasteiger partial charge in [-0.25, -0.2) is 0 Å².